The average molecular weight is 535 g/mol. The summed E-state index contributed by atoms with van der Waals surface area (Å²) in [5.74, 6) is 0.643. The molecule has 0 spiro atoms. The minimum absolute atomic E-state index is 0. The van der Waals surface area contributed by atoms with Gasteiger partial charge in [-0.05, 0) is 51.9 Å². The van der Waals surface area contributed by atoms with Gasteiger partial charge in [0.15, 0.2) is 5.96 Å². The van der Waals surface area contributed by atoms with Crippen LogP contribution in [0.4, 0.5) is 4.79 Å². The van der Waals surface area contributed by atoms with Gasteiger partial charge in [0.25, 0.3) is 0 Å². The van der Waals surface area contributed by atoms with Crippen LogP contribution in [0.5, 0.6) is 0 Å². The fourth-order valence-electron chi connectivity index (χ4n) is 3.53. The van der Waals surface area contributed by atoms with E-state index >= 15 is 0 Å². The number of allylic oxidation sites excluding steroid dienone is 1. The molecule has 1 saturated heterocycles. The zero-order chi connectivity index (χ0) is 21.1. The highest BCUT2D eigenvalue weighted by molar-refractivity contribution is 14.0. The van der Waals surface area contributed by atoms with Crippen molar-refractivity contribution in [3.8, 4) is 0 Å². The van der Waals surface area contributed by atoms with E-state index in [2.05, 4.69) is 21.7 Å². The second-order valence-electron chi connectivity index (χ2n) is 7.84. The summed E-state index contributed by atoms with van der Waals surface area (Å²) in [6.07, 6.45) is 9.72. The second kappa shape index (κ2) is 14.5. The monoisotopic (exact) mass is 535 g/mol. The van der Waals surface area contributed by atoms with Gasteiger partial charge in [0.1, 0.15) is 6.54 Å². The Labute approximate surface area is 197 Å². The van der Waals surface area contributed by atoms with E-state index < -0.39 is 0 Å². The number of hydrogen-bond acceptors (Lipinski definition) is 4. The van der Waals surface area contributed by atoms with Crippen molar-refractivity contribution >= 4 is 41.9 Å². The predicted octanol–water partition coefficient (Wildman–Crippen LogP) is 2.74. The number of hydrogen-bond donors (Lipinski definition) is 2. The summed E-state index contributed by atoms with van der Waals surface area (Å²) in [5, 5.41) is 6.83. The van der Waals surface area contributed by atoms with Gasteiger partial charge in [-0.3, -0.25) is 4.79 Å². The lowest BCUT2D eigenvalue weighted by Gasteiger charge is -2.32. The SMILES string of the molecule is CCOC(=O)N1CCC(NC(=NCC(=O)N(C)C)NCCC2=CCCCC2)CC1.I. The number of carbonyl (C=O) groups excluding carboxylic acids is 2. The first kappa shape index (κ1) is 26.5. The normalized spacial score (nSPS) is 17.5. The van der Waals surface area contributed by atoms with Crippen molar-refractivity contribution in [2.45, 2.75) is 57.9 Å². The molecule has 1 aliphatic carbocycles. The van der Waals surface area contributed by atoms with E-state index in [1.807, 2.05) is 6.92 Å². The van der Waals surface area contributed by atoms with Crippen LogP contribution in [0, 0.1) is 0 Å². The molecule has 2 aliphatic rings. The number of aliphatic imine (C=N–C) groups is 1. The zero-order valence-corrected chi connectivity index (χ0v) is 20.9. The Bertz CT molecular complexity index is 601. The van der Waals surface area contributed by atoms with Crippen molar-refractivity contribution in [1.29, 1.82) is 0 Å². The topological polar surface area (TPSA) is 86.3 Å². The smallest absolute Gasteiger partial charge is 0.409 e. The number of carbonyl (C=O) groups is 2. The summed E-state index contributed by atoms with van der Waals surface area (Å²) in [6, 6.07) is 0.218. The van der Waals surface area contributed by atoms with Crippen molar-refractivity contribution in [1.82, 2.24) is 20.4 Å². The Morgan fingerprint density at radius 1 is 1.27 bits per heavy atom. The van der Waals surface area contributed by atoms with Crippen molar-refractivity contribution in [3.63, 3.8) is 0 Å². The maximum atomic E-state index is 11.9. The molecule has 1 heterocycles. The highest BCUT2D eigenvalue weighted by Crippen LogP contribution is 2.19. The molecule has 30 heavy (non-hydrogen) atoms. The molecule has 0 aromatic carbocycles. The molecule has 8 nitrogen and oxygen atoms in total. The van der Waals surface area contributed by atoms with E-state index in [4.69, 9.17) is 4.74 Å². The number of amides is 2. The molecule has 2 rings (SSSR count). The highest BCUT2D eigenvalue weighted by atomic mass is 127. The first-order valence-corrected chi connectivity index (χ1v) is 10.8. The van der Waals surface area contributed by atoms with Gasteiger partial charge in [-0.25, -0.2) is 9.79 Å². The summed E-state index contributed by atoms with van der Waals surface area (Å²) in [7, 11) is 3.47. The van der Waals surface area contributed by atoms with Gasteiger partial charge in [-0.15, -0.1) is 24.0 Å². The molecule has 0 aromatic rings. The largest absolute Gasteiger partial charge is 0.450 e. The number of nitrogens with zero attached hydrogens (tertiary/aromatic N) is 3. The number of rotatable bonds is 7. The quantitative estimate of drug-likeness (QED) is 0.227. The molecule has 2 N–H and O–H groups in total. The molecule has 0 atom stereocenters. The van der Waals surface area contributed by atoms with Crippen LogP contribution in [0.25, 0.3) is 0 Å². The predicted molar refractivity (Wildman–Crippen MR) is 130 cm³/mol. The van der Waals surface area contributed by atoms with Crippen molar-refractivity contribution in [2.75, 3.05) is 46.9 Å². The minimum Gasteiger partial charge on any atom is -0.450 e. The van der Waals surface area contributed by atoms with Crippen LogP contribution in [0.1, 0.15) is 51.9 Å². The first-order chi connectivity index (χ1) is 14.0. The second-order valence-corrected chi connectivity index (χ2v) is 7.84. The van der Waals surface area contributed by atoms with Crippen LogP contribution in [0.2, 0.25) is 0 Å². The Hall–Kier alpha value is -1.52. The Kier molecular flexibility index (Phi) is 12.8. The van der Waals surface area contributed by atoms with Gasteiger partial charge < -0.3 is 25.2 Å². The van der Waals surface area contributed by atoms with E-state index in [1.54, 1.807) is 23.9 Å². The number of likely N-dealkylation sites (tertiary alicyclic amines) is 1. The van der Waals surface area contributed by atoms with E-state index in [0.717, 1.165) is 25.8 Å². The average Bonchev–Trinajstić information content (AvgIpc) is 2.73. The maximum absolute atomic E-state index is 11.9. The molecule has 0 saturated carbocycles. The minimum atomic E-state index is -0.240. The van der Waals surface area contributed by atoms with Gasteiger partial charge >= 0.3 is 6.09 Å². The van der Waals surface area contributed by atoms with Gasteiger partial charge in [0.2, 0.25) is 5.91 Å². The van der Waals surface area contributed by atoms with Gasteiger partial charge in [0.05, 0.1) is 6.61 Å². The Balaban J connectivity index is 0.00000450. The van der Waals surface area contributed by atoms with Gasteiger partial charge in [-0.2, -0.15) is 0 Å². The van der Waals surface area contributed by atoms with Crippen molar-refractivity contribution in [3.05, 3.63) is 11.6 Å². The van der Waals surface area contributed by atoms with Crippen LogP contribution in [0.15, 0.2) is 16.6 Å². The molecule has 1 fully saturated rings. The molecule has 1 aliphatic heterocycles. The third-order valence-corrected chi connectivity index (χ3v) is 5.36. The van der Waals surface area contributed by atoms with Gasteiger partial charge in [-0.1, -0.05) is 11.6 Å². The summed E-state index contributed by atoms with van der Waals surface area (Å²) in [6.45, 7) is 4.45. The molecular formula is C21H38IN5O3. The van der Waals surface area contributed by atoms with Crippen LogP contribution in [0.3, 0.4) is 0 Å². The third kappa shape index (κ3) is 9.53. The molecule has 2 amide bonds. The Morgan fingerprint density at radius 3 is 2.60 bits per heavy atom. The lowest BCUT2D eigenvalue weighted by molar-refractivity contribution is -0.127. The van der Waals surface area contributed by atoms with Crippen LogP contribution in [-0.4, -0.2) is 80.7 Å². The lowest BCUT2D eigenvalue weighted by atomic mass is 9.97. The zero-order valence-electron chi connectivity index (χ0n) is 18.6. The fraction of sp³-hybridized carbons (Fsp3) is 0.762. The van der Waals surface area contributed by atoms with Crippen LogP contribution >= 0.6 is 24.0 Å². The van der Waals surface area contributed by atoms with E-state index in [9.17, 15) is 9.59 Å². The number of nitrogens with one attached hydrogen (secondary N) is 2. The first-order valence-electron chi connectivity index (χ1n) is 10.8. The molecular weight excluding hydrogens is 497 g/mol. The molecule has 0 bridgehead atoms. The maximum Gasteiger partial charge on any atom is 0.409 e. The molecule has 172 valence electrons. The lowest BCUT2D eigenvalue weighted by Crippen LogP contribution is -2.50. The molecule has 0 radical (unpaired) electrons. The van der Waals surface area contributed by atoms with E-state index in [0.29, 0.717) is 25.7 Å². The van der Waals surface area contributed by atoms with Crippen molar-refractivity contribution in [2.24, 2.45) is 4.99 Å². The van der Waals surface area contributed by atoms with E-state index in [-0.39, 0.29) is 48.6 Å². The summed E-state index contributed by atoms with van der Waals surface area (Å²) < 4.78 is 5.08. The summed E-state index contributed by atoms with van der Waals surface area (Å²) in [5.41, 5.74) is 1.51. The van der Waals surface area contributed by atoms with Crippen LogP contribution < -0.4 is 10.6 Å². The van der Waals surface area contributed by atoms with E-state index in [1.165, 1.54) is 31.3 Å². The Morgan fingerprint density at radius 2 is 2.00 bits per heavy atom. The summed E-state index contributed by atoms with van der Waals surface area (Å²) in [4.78, 5) is 31.6. The highest BCUT2D eigenvalue weighted by Gasteiger charge is 2.24. The van der Waals surface area contributed by atoms with Crippen molar-refractivity contribution < 1.29 is 14.3 Å². The third-order valence-electron chi connectivity index (χ3n) is 5.36. The number of likely N-dealkylation sites (N-methyl/N-ethyl adjacent to an activating group) is 1. The fourth-order valence-corrected chi connectivity index (χ4v) is 3.53. The molecule has 0 aromatic heterocycles. The van der Waals surface area contributed by atoms with Crippen LogP contribution in [-0.2, 0) is 9.53 Å². The summed E-state index contributed by atoms with van der Waals surface area (Å²) >= 11 is 0. The standard InChI is InChI=1S/C21H37N5O3.HI/c1-4-29-21(28)26-14-11-18(12-15-26)24-20(23-16-19(27)25(2)3)22-13-10-17-8-6-5-7-9-17;/h8,18H,4-7,9-16H2,1-3H3,(H2,22,23,24);1H. The molecule has 0 unspecified atom stereocenters. The number of guanidine groups is 1. The number of halogens is 1. The van der Waals surface area contributed by atoms with Gasteiger partial charge in [0, 0.05) is 39.8 Å². The molecule has 9 heteroatoms. The number of piperidine rings is 1. The number of ether oxygens (including phenoxy) is 1.